The van der Waals surface area contributed by atoms with Gasteiger partial charge >= 0.3 is 0 Å². The Morgan fingerprint density at radius 2 is 2.00 bits per heavy atom. The summed E-state index contributed by atoms with van der Waals surface area (Å²) in [5, 5.41) is 2.90. The minimum atomic E-state index is -0.271. The van der Waals surface area contributed by atoms with Crippen LogP contribution in [0.5, 0.6) is 11.5 Å². The van der Waals surface area contributed by atoms with Crippen LogP contribution in [0.1, 0.15) is 35.6 Å². The van der Waals surface area contributed by atoms with Crippen LogP contribution >= 0.6 is 0 Å². The summed E-state index contributed by atoms with van der Waals surface area (Å²) < 4.78 is 11.1. The Morgan fingerprint density at radius 3 is 2.72 bits per heavy atom. The molecule has 1 atom stereocenters. The first-order valence-corrected chi connectivity index (χ1v) is 8.19. The van der Waals surface area contributed by atoms with Crippen molar-refractivity contribution in [2.24, 2.45) is 0 Å². The van der Waals surface area contributed by atoms with Crippen LogP contribution in [0.3, 0.4) is 0 Å². The number of nitrogens with one attached hydrogen (secondary N) is 2. The molecular formula is C18H21N3O4. The molecule has 2 heterocycles. The Bertz CT molecular complexity index is 860. The quantitative estimate of drug-likeness (QED) is 0.879. The predicted molar refractivity (Wildman–Crippen MR) is 92.0 cm³/mol. The third-order valence-electron chi connectivity index (χ3n) is 4.12. The highest BCUT2D eigenvalue weighted by Crippen LogP contribution is 2.32. The molecule has 0 unspecified atom stereocenters. The van der Waals surface area contributed by atoms with Crippen LogP contribution in [0.15, 0.2) is 23.0 Å². The number of H-pyrrole nitrogens is 1. The zero-order valence-corrected chi connectivity index (χ0v) is 14.5. The lowest BCUT2D eigenvalue weighted by molar-refractivity contribution is -0.121. The summed E-state index contributed by atoms with van der Waals surface area (Å²) in [6, 6.07) is 5.38. The van der Waals surface area contributed by atoms with Crippen LogP contribution in [0, 0.1) is 13.8 Å². The largest absolute Gasteiger partial charge is 0.486 e. The van der Waals surface area contributed by atoms with Gasteiger partial charge in [-0.05, 0) is 38.5 Å². The van der Waals surface area contributed by atoms with E-state index in [0.717, 1.165) is 5.56 Å². The number of aromatic nitrogens is 2. The van der Waals surface area contributed by atoms with E-state index in [1.807, 2.05) is 25.1 Å². The number of carbonyl (C=O) groups excluding carboxylic acids is 1. The molecule has 0 bridgehead atoms. The first kappa shape index (κ1) is 17.0. The molecule has 7 heteroatoms. The van der Waals surface area contributed by atoms with Gasteiger partial charge in [0.2, 0.25) is 5.91 Å². The van der Waals surface area contributed by atoms with Gasteiger partial charge in [-0.2, -0.15) is 0 Å². The molecule has 0 saturated heterocycles. The van der Waals surface area contributed by atoms with E-state index in [9.17, 15) is 9.59 Å². The molecule has 3 rings (SSSR count). The molecule has 1 aliphatic heterocycles. The van der Waals surface area contributed by atoms with E-state index in [4.69, 9.17) is 9.47 Å². The van der Waals surface area contributed by atoms with Gasteiger partial charge in [0.15, 0.2) is 11.5 Å². The van der Waals surface area contributed by atoms with Crippen molar-refractivity contribution >= 4 is 5.91 Å². The second-order valence-corrected chi connectivity index (χ2v) is 6.08. The maximum absolute atomic E-state index is 12.3. The number of hydrogen-bond donors (Lipinski definition) is 2. The first-order chi connectivity index (χ1) is 11.9. The molecule has 1 aliphatic rings. The normalized spacial score (nSPS) is 14.0. The minimum absolute atomic E-state index is 0.0106. The molecule has 7 nitrogen and oxygen atoms in total. The molecule has 0 aliphatic carbocycles. The Labute approximate surface area is 145 Å². The number of ether oxygens (including phenoxy) is 2. The summed E-state index contributed by atoms with van der Waals surface area (Å²) in [7, 11) is 0. The molecule has 1 aromatic carbocycles. The number of hydrogen-bond acceptors (Lipinski definition) is 5. The first-order valence-electron chi connectivity index (χ1n) is 8.19. The van der Waals surface area contributed by atoms with Crippen molar-refractivity contribution in [2.45, 2.75) is 33.2 Å². The minimum Gasteiger partial charge on any atom is -0.486 e. The Morgan fingerprint density at radius 1 is 1.28 bits per heavy atom. The number of rotatable bonds is 4. The van der Waals surface area contributed by atoms with E-state index in [1.54, 1.807) is 13.8 Å². The number of aryl methyl sites for hydroxylation is 2. The summed E-state index contributed by atoms with van der Waals surface area (Å²) in [5.74, 6) is 1.69. The highest BCUT2D eigenvalue weighted by Gasteiger charge is 2.17. The van der Waals surface area contributed by atoms with Crippen molar-refractivity contribution in [1.82, 2.24) is 15.3 Å². The summed E-state index contributed by atoms with van der Waals surface area (Å²) in [6.07, 6.45) is -0.0106. The van der Waals surface area contributed by atoms with Gasteiger partial charge in [0.05, 0.1) is 12.5 Å². The Kier molecular flexibility index (Phi) is 4.74. The van der Waals surface area contributed by atoms with Crippen LogP contribution in [0.2, 0.25) is 0 Å². The lowest BCUT2D eigenvalue weighted by Crippen LogP contribution is -2.31. The summed E-state index contributed by atoms with van der Waals surface area (Å²) in [4.78, 5) is 31.2. The van der Waals surface area contributed by atoms with Gasteiger partial charge in [0.1, 0.15) is 19.0 Å². The van der Waals surface area contributed by atoms with Crippen molar-refractivity contribution in [1.29, 1.82) is 0 Å². The van der Waals surface area contributed by atoms with Crippen LogP contribution in [-0.4, -0.2) is 29.1 Å². The van der Waals surface area contributed by atoms with Crippen molar-refractivity contribution in [2.75, 3.05) is 13.2 Å². The maximum atomic E-state index is 12.3. The second kappa shape index (κ2) is 6.96. The van der Waals surface area contributed by atoms with E-state index in [2.05, 4.69) is 15.3 Å². The van der Waals surface area contributed by atoms with Gasteiger partial charge in [-0.25, -0.2) is 4.98 Å². The number of amides is 1. The summed E-state index contributed by atoms with van der Waals surface area (Å²) in [6.45, 7) is 6.38. The lowest BCUT2D eigenvalue weighted by Gasteiger charge is -2.21. The van der Waals surface area contributed by atoms with E-state index in [1.165, 1.54) is 0 Å². The third-order valence-corrected chi connectivity index (χ3v) is 4.12. The molecule has 0 spiro atoms. The molecule has 0 radical (unpaired) electrons. The molecule has 2 N–H and O–H groups in total. The number of nitrogens with zero attached hydrogens (tertiary/aromatic N) is 1. The Balaban J connectivity index is 1.70. The molecule has 132 valence electrons. The second-order valence-electron chi connectivity index (χ2n) is 6.08. The van der Waals surface area contributed by atoms with E-state index < -0.39 is 0 Å². The Hall–Kier alpha value is -2.83. The molecule has 0 fully saturated rings. The zero-order chi connectivity index (χ0) is 18.0. The molecule has 1 amide bonds. The number of benzene rings is 1. The van der Waals surface area contributed by atoms with Crippen LogP contribution in [0.4, 0.5) is 0 Å². The molecule has 2 aromatic rings. The SMILES string of the molecule is Cc1nc(C)c(CC(=O)N[C@H](C)c2ccc3c(c2)OCCO3)c(=O)[nH]1. The van der Waals surface area contributed by atoms with Gasteiger partial charge in [-0.15, -0.1) is 0 Å². The fourth-order valence-corrected chi connectivity index (χ4v) is 2.82. The fraction of sp³-hybridized carbons (Fsp3) is 0.389. The molecule has 0 saturated carbocycles. The number of aromatic amines is 1. The average molecular weight is 343 g/mol. The average Bonchev–Trinajstić information content (AvgIpc) is 2.57. The predicted octanol–water partition coefficient (Wildman–Crippen LogP) is 1.58. The smallest absolute Gasteiger partial charge is 0.254 e. The highest BCUT2D eigenvalue weighted by atomic mass is 16.6. The maximum Gasteiger partial charge on any atom is 0.254 e. The van der Waals surface area contributed by atoms with Crippen LogP contribution in [-0.2, 0) is 11.2 Å². The van der Waals surface area contributed by atoms with Crippen molar-refractivity contribution in [3.63, 3.8) is 0 Å². The van der Waals surface area contributed by atoms with Gasteiger partial charge < -0.3 is 19.8 Å². The zero-order valence-electron chi connectivity index (χ0n) is 14.5. The van der Waals surface area contributed by atoms with Gasteiger partial charge in [0.25, 0.3) is 5.56 Å². The number of carbonyl (C=O) groups is 1. The van der Waals surface area contributed by atoms with Crippen LogP contribution in [0.25, 0.3) is 0 Å². The topological polar surface area (TPSA) is 93.3 Å². The standard InChI is InChI=1S/C18H21N3O4/c1-10(13-4-5-15-16(8-13)25-7-6-24-15)20-17(22)9-14-11(2)19-12(3)21-18(14)23/h4-5,8,10H,6-7,9H2,1-3H3,(H,20,22)(H,19,21,23)/t10-/m1/s1. The molecule has 25 heavy (non-hydrogen) atoms. The highest BCUT2D eigenvalue weighted by molar-refractivity contribution is 5.79. The molecule has 1 aromatic heterocycles. The van der Waals surface area contributed by atoms with Crippen molar-refractivity contribution in [3.8, 4) is 11.5 Å². The van der Waals surface area contributed by atoms with Gasteiger partial charge in [-0.3, -0.25) is 9.59 Å². The monoisotopic (exact) mass is 343 g/mol. The van der Waals surface area contributed by atoms with Crippen molar-refractivity contribution in [3.05, 3.63) is 51.2 Å². The van der Waals surface area contributed by atoms with E-state index in [-0.39, 0.29) is 23.9 Å². The van der Waals surface area contributed by atoms with E-state index >= 15 is 0 Å². The number of fused-ring (bicyclic) bond motifs is 1. The van der Waals surface area contributed by atoms with Gasteiger partial charge in [0, 0.05) is 11.3 Å². The summed E-state index contributed by atoms with van der Waals surface area (Å²) >= 11 is 0. The van der Waals surface area contributed by atoms with E-state index in [0.29, 0.717) is 41.8 Å². The van der Waals surface area contributed by atoms with Crippen molar-refractivity contribution < 1.29 is 14.3 Å². The fourth-order valence-electron chi connectivity index (χ4n) is 2.82. The molecular weight excluding hydrogens is 322 g/mol. The third kappa shape index (κ3) is 3.81. The van der Waals surface area contributed by atoms with Gasteiger partial charge in [-0.1, -0.05) is 6.07 Å². The summed E-state index contributed by atoms with van der Waals surface area (Å²) in [5.41, 5.74) is 1.60. The lowest BCUT2D eigenvalue weighted by atomic mass is 10.1. The van der Waals surface area contributed by atoms with Crippen LogP contribution < -0.4 is 20.3 Å².